The summed E-state index contributed by atoms with van der Waals surface area (Å²) in [6, 6.07) is 8.74. The first kappa shape index (κ1) is 16.8. The quantitative estimate of drug-likeness (QED) is 0.908. The highest BCUT2D eigenvalue weighted by Crippen LogP contribution is 2.18. The molecule has 1 aromatic rings. The summed E-state index contributed by atoms with van der Waals surface area (Å²) in [5.41, 5.74) is 1.93. The molecule has 0 saturated carbocycles. The van der Waals surface area contributed by atoms with Crippen LogP contribution in [0.25, 0.3) is 0 Å². The molecule has 0 spiro atoms. The molecule has 1 heterocycles. The molecule has 1 N–H and O–H groups in total. The van der Waals surface area contributed by atoms with E-state index in [0.717, 1.165) is 38.0 Å². The highest BCUT2D eigenvalue weighted by Gasteiger charge is 2.19. The molecule has 4 heteroatoms. The van der Waals surface area contributed by atoms with Crippen LogP contribution in [0.4, 0.5) is 5.69 Å². The third-order valence-electron chi connectivity index (χ3n) is 4.48. The summed E-state index contributed by atoms with van der Waals surface area (Å²) in [7, 11) is 2.13. The van der Waals surface area contributed by atoms with Crippen LogP contribution in [0.2, 0.25) is 0 Å². The van der Waals surface area contributed by atoms with Gasteiger partial charge in [0.1, 0.15) is 0 Å². The van der Waals surface area contributed by atoms with Crippen LogP contribution in [0.1, 0.15) is 44.0 Å². The summed E-state index contributed by atoms with van der Waals surface area (Å²) in [5.74, 6) is 0.0497. The molecule has 4 nitrogen and oxygen atoms in total. The number of likely N-dealkylation sites (tertiary alicyclic amines) is 1. The molecule has 1 aliphatic rings. The molecule has 1 aliphatic heterocycles. The molecule has 1 amide bonds. The molecule has 0 unspecified atom stereocenters. The molecule has 1 fully saturated rings. The number of carbonyl (C=O) groups excluding carboxylic acids is 1. The normalized spacial score (nSPS) is 16.8. The predicted octanol–water partition coefficient (Wildman–Crippen LogP) is 2.75. The number of hydrogen-bond donors (Lipinski definition) is 1. The fourth-order valence-electron chi connectivity index (χ4n) is 3.07. The van der Waals surface area contributed by atoms with E-state index in [0.29, 0.717) is 12.1 Å². The van der Waals surface area contributed by atoms with Crippen LogP contribution in [0.15, 0.2) is 24.3 Å². The van der Waals surface area contributed by atoms with Crippen molar-refractivity contribution < 1.29 is 4.79 Å². The molecular weight excluding hydrogens is 274 g/mol. The van der Waals surface area contributed by atoms with Gasteiger partial charge in [0, 0.05) is 29.9 Å². The van der Waals surface area contributed by atoms with Crippen LogP contribution in [-0.2, 0) is 0 Å². The molecule has 1 saturated heterocycles. The Labute approximate surface area is 134 Å². The summed E-state index contributed by atoms with van der Waals surface area (Å²) < 4.78 is 0. The minimum atomic E-state index is 0.0497. The van der Waals surface area contributed by atoms with Gasteiger partial charge in [-0.2, -0.15) is 0 Å². The summed E-state index contributed by atoms with van der Waals surface area (Å²) in [6.07, 6.45) is 2.08. The van der Waals surface area contributed by atoms with E-state index in [-0.39, 0.29) is 5.91 Å². The first-order valence-corrected chi connectivity index (χ1v) is 8.37. The number of nitrogens with one attached hydrogen (secondary N) is 1. The second-order valence-corrected chi connectivity index (χ2v) is 6.48. The molecule has 22 heavy (non-hydrogen) atoms. The van der Waals surface area contributed by atoms with E-state index in [2.05, 4.69) is 42.9 Å². The number of piperidine rings is 1. The lowest BCUT2D eigenvalue weighted by Gasteiger charge is -2.29. The van der Waals surface area contributed by atoms with Crippen molar-refractivity contribution in [2.45, 2.75) is 45.7 Å². The highest BCUT2D eigenvalue weighted by molar-refractivity contribution is 5.94. The van der Waals surface area contributed by atoms with Gasteiger partial charge < -0.3 is 15.1 Å². The molecule has 0 bridgehead atoms. The summed E-state index contributed by atoms with van der Waals surface area (Å²) in [5, 5.41) is 3.16. The lowest BCUT2D eigenvalue weighted by Crippen LogP contribution is -2.43. The average Bonchev–Trinajstić information content (AvgIpc) is 2.50. The summed E-state index contributed by atoms with van der Waals surface area (Å²) in [4.78, 5) is 17.0. The summed E-state index contributed by atoms with van der Waals surface area (Å²) >= 11 is 0. The molecule has 0 aliphatic carbocycles. The zero-order valence-electron chi connectivity index (χ0n) is 14.3. The van der Waals surface area contributed by atoms with E-state index >= 15 is 0 Å². The van der Waals surface area contributed by atoms with Crippen LogP contribution in [-0.4, -0.2) is 49.6 Å². The van der Waals surface area contributed by atoms with Crippen molar-refractivity contribution >= 4 is 11.6 Å². The Hall–Kier alpha value is -1.55. The topological polar surface area (TPSA) is 35.6 Å². The number of rotatable bonds is 5. The van der Waals surface area contributed by atoms with Crippen molar-refractivity contribution in [2.24, 2.45) is 0 Å². The lowest BCUT2D eigenvalue weighted by atomic mass is 10.0. The number of nitrogens with zero attached hydrogens (tertiary/aromatic N) is 2. The maximum absolute atomic E-state index is 12.3. The maximum atomic E-state index is 12.3. The lowest BCUT2D eigenvalue weighted by molar-refractivity contribution is 0.0917. The summed E-state index contributed by atoms with van der Waals surface area (Å²) in [6.45, 7) is 9.61. The van der Waals surface area contributed by atoms with Gasteiger partial charge in [0.25, 0.3) is 5.91 Å². The van der Waals surface area contributed by atoms with Crippen LogP contribution >= 0.6 is 0 Å². The third-order valence-corrected chi connectivity index (χ3v) is 4.48. The first-order chi connectivity index (χ1) is 10.5. The van der Waals surface area contributed by atoms with E-state index < -0.39 is 0 Å². The monoisotopic (exact) mass is 303 g/mol. The number of amides is 1. The average molecular weight is 303 g/mol. The standard InChI is InChI=1S/C18H29N3O/c1-5-21(14(2)3)17-8-6-15(7-9-17)18(22)19-16-10-12-20(4)13-11-16/h6-9,14,16H,5,10-13H2,1-4H3,(H,19,22). The van der Waals surface area contributed by atoms with E-state index in [1.54, 1.807) is 0 Å². The van der Waals surface area contributed by atoms with Gasteiger partial charge in [-0.25, -0.2) is 0 Å². The Morgan fingerprint density at radius 1 is 1.27 bits per heavy atom. The van der Waals surface area contributed by atoms with Crippen molar-refractivity contribution in [3.05, 3.63) is 29.8 Å². The number of hydrogen-bond acceptors (Lipinski definition) is 3. The van der Waals surface area contributed by atoms with Gasteiger partial charge in [0.2, 0.25) is 0 Å². The predicted molar refractivity (Wildman–Crippen MR) is 92.6 cm³/mol. The molecule has 0 radical (unpaired) electrons. The first-order valence-electron chi connectivity index (χ1n) is 8.37. The Balaban J connectivity index is 1.96. The SMILES string of the molecule is CCN(c1ccc(C(=O)NC2CCN(C)CC2)cc1)C(C)C. The fraction of sp³-hybridized carbons (Fsp3) is 0.611. The van der Waals surface area contributed by atoms with E-state index in [1.807, 2.05) is 24.3 Å². The highest BCUT2D eigenvalue weighted by atomic mass is 16.1. The van der Waals surface area contributed by atoms with Gasteiger partial charge in [0.05, 0.1) is 0 Å². The van der Waals surface area contributed by atoms with Crippen LogP contribution < -0.4 is 10.2 Å². The Kier molecular flexibility index (Phi) is 5.83. The van der Waals surface area contributed by atoms with Crippen molar-refractivity contribution in [3.63, 3.8) is 0 Å². The van der Waals surface area contributed by atoms with Gasteiger partial charge in [0.15, 0.2) is 0 Å². The van der Waals surface area contributed by atoms with Gasteiger partial charge in [-0.15, -0.1) is 0 Å². The van der Waals surface area contributed by atoms with Crippen molar-refractivity contribution in [3.8, 4) is 0 Å². The fourth-order valence-corrected chi connectivity index (χ4v) is 3.07. The van der Waals surface area contributed by atoms with E-state index in [9.17, 15) is 4.79 Å². The Bertz CT molecular complexity index is 476. The van der Waals surface area contributed by atoms with E-state index in [1.165, 1.54) is 5.69 Å². The molecule has 0 aromatic heterocycles. The van der Waals surface area contributed by atoms with Gasteiger partial charge in [-0.3, -0.25) is 4.79 Å². The van der Waals surface area contributed by atoms with Crippen molar-refractivity contribution in [1.29, 1.82) is 0 Å². The largest absolute Gasteiger partial charge is 0.369 e. The van der Waals surface area contributed by atoms with Gasteiger partial charge in [-0.05, 0) is 78.0 Å². The number of benzene rings is 1. The Morgan fingerprint density at radius 2 is 1.86 bits per heavy atom. The zero-order chi connectivity index (χ0) is 16.1. The zero-order valence-corrected chi connectivity index (χ0v) is 14.3. The Morgan fingerprint density at radius 3 is 2.36 bits per heavy atom. The van der Waals surface area contributed by atoms with E-state index in [4.69, 9.17) is 0 Å². The van der Waals surface area contributed by atoms with Crippen molar-refractivity contribution in [1.82, 2.24) is 10.2 Å². The maximum Gasteiger partial charge on any atom is 0.251 e. The van der Waals surface area contributed by atoms with Crippen molar-refractivity contribution in [2.75, 3.05) is 31.6 Å². The third kappa shape index (κ3) is 4.23. The minimum Gasteiger partial charge on any atom is -0.369 e. The second-order valence-electron chi connectivity index (χ2n) is 6.48. The van der Waals surface area contributed by atoms with Gasteiger partial charge in [-0.1, -0.05) is 0 Å². The van der Waals surface area contributed by atoms with Gasteiger partial charge >= 0.3 is 0 Å². The second kappa shape index (κ2) is 7.63. The molecule has 1 aromatic carbocycles. The molecule has 2 rings (SSSR count). The molecular formula is C18H29N3O. The van der Waals surface area contributed by atoms with Crippen LogP contribution in [0.3, 0.4) is 0 Å². The minimum absolute atomic E-state index is 0.0497. The number of carbonyl (C=O) groups is 1. The van der Waals surface area contributed by atoms with Crippen LogP contribution in [0, 0.1) is 0 Å². The smallest absolute Gasteiger partial charge is 0.251 e. The molecule has 0 atom stereocenters. The number of anilines is 1. The van der Waals surface area contributed by atoms with Crippen LogP contribution in [0.5, 0.6) is 0 Å². The molecule has 122 valence electrons.